The van der Waals surface area contributed by atoms with Gasteiger partial charge in [0.1, 0.15) is 4.90 Å². The van der Waals surface area contributed by atoms with Gasteiger partial charge in [-0.05, 0) is 45.7 Å². The molecule has 1 saturated heterocycles. The van der Waals surface area contributed by atoms with Crippen LogP contribution < -0.4 is 0 Å². The van der Waals surface area contributed by atoms with Gasteiger partial charge in [0, 0.05) is 18.7 Å². The van der Waals surface area contributed by atoms with Crippen molar-refractivity contribution < 1.29 is 8.42 Å². The first-order chi connectivity index (χ1) is 14.4. The molecule has 0 saturated carbocycles. The number of hydrogen-bond acceptors (Lipinski definition) is 5. The third kappa shape index (κ3) is 3.89. The molecule has 0 N–H and O–H groups in total. The van der Waals surface area contributed by atoms with E-state index < -0.39 is 10.0 Å². The van der Waals surface area contributed by atoms with Gasteiger partial charge in [-0.25, -0.2) is 13.1 Å². The Morgan fingerprint density at radius 2 is 1.50 bits per heavy atom. The summed E-state index contributed by atoms with van der Waals surface area (Å²) in [5, 5.41) is 13.1. The Bertz CT molecular complexity index is 1130. The molecule has 158 valence electrons. The van der Waals surface area contributed by atoms with E-state index in [1.807, 2.05) is 43.3 Å². The third-order valence-corrected chi connectivity index (χ3v) is 7.75. The first-order valence-electron chi connectivity index (χ1n) is 10.4. The lowest BCUT2D eigenvalue weighted by atomic mass is 10.1. The van der Waals surface area contributed by atoms with Crippen LogP contribution >= 0.6 is 0 Å². The zero-order valence-corrected chi connectivity index (χ0v) is 18.5. The maximum atomic E-state index is 13.3. The second kappa shape index (κ2) is 8.28. The van der Waals surface area contributed by atoms with Crippen LogP contribution in [-0.4, -0.2) is 45.8 Å². The quantitative estimate of drug-likeness (QED) is 0.635. The lowest BCUT2D eigenvalue weighted by Gasteiger charge is -2.20. The zero-order chi connectivity index (χ0) is 21.3. The van der Waals surface area contributed by atoms with Crippen LogP contribution in [0.4, 0.5) is 0 Å². The highest BCUT2D eigenvalue weighted by atomic mass is 32.2. The minimum absolute atomic E-state index is 0.286. The predicted octanol–water partition coefficient (Wildman–Crippen LogP) is 3.82. The average Bonchev–Trinajstić information content (AvgIpc) is 2.91. The van der Waals surface area contributed by atoms with E-state index in [9.17, 15) is 8.42 Å². The van der Waals surface area contributed by atoms with E-state index >= 15 is 0 Å². The molecule has 0 amide bonds. The largest absolute Gasteiger partial charge is 0.246 e. The van der Waals surface area contributed by atoms with E-state index in [0.29, 0.717) is 30.3 Å². The van der Waals surface area contributed by atoms with Gasteiger partial charge in [0.25, 0.3) is 0 Å². The minimum Gasteiger partial charge on any atom is -0.216 e. The summed E-state index contributed by atoms with van der Waals surface area (Å²) in [5.74, 6) is 0.503. The summed E-state index contributed by atoms with van der Waals surface area (Å²) in [6.45, 7) is 6.69. The molecule has 0 atom stereocenters. The fourth-order valence-electron chi connectivity index (χ4n) is 3.95. The summed E-state index contributed by atoms with van der Waals surface area (Å²) in [6.07, 6.45) is 3.95. The molecule has 3 heterocycles. The van der Waals surface area contributed by atoms with Crippen molar-refractivity contribution in [3.05, 3.63) is 53.3 Å². The highest BCUT2D eigenvalue weighted by Crippen LogP contribution is 2.27. The fourth-order valence-corrected chi connectivity index (χ4v) is 5.82. The highest BCUT2D eigenvalue weighted by molar-refractivity contribution is 7.89. The van der Waals surface area contributed by atoms with Crippen LogP contribution in [0.1, 0.15) is 42.6 Å². The van der Waals surface area contributed by atoms with Crippen molar-refractivity contribution in [3.63, 3.8) is 0 Å². The molecule has 30 heavy (non-hydrogen) atoms. The molecule has 8 heteroatoms. The van der Waals surface area contributed by atoms with Gasteiger partial charge in [-0.2, -0.15) is 9.40 Å². The summed E-state index contributed by atoms with van der Waals surface area (Å²) in [7, 11) is -3.59. The molecule has 1 aliphatic rings. The van der Waals surface area contributed by atoms with E-state index in [1.165, 1.54) is 5.56 Å². The van der Waals surface area contributed by atoms with Crippen LogP contribution in [0.3, 0.4) is 0 Å². The van der Waals surface area contributed by atoms with Crippen LogP contribution in [0, 0.1) is 20.8 Å². The molecule has 3 aromatic rings. The molecule has 4 rings (SSSR count). The van der Waals surface area contributed by atoms with Crippen molar-refractivity contribution in [1.82, 2.24) is 24.3 Å². The molecular formula is C22H27N5O2S. The maximum Gasteiger partial charge on any atom is 0.246 e. The number of hydrogen-bond donors (Lipinski definition) is 0. The Morgan fingerprint density at radius 1 is 0.833 bits per heavy atom. The van der Waals surface area contributed by atoms with Crippen LogP contribution in [0.25, 0.3) is 17.1 Å². The fraction of sp³-hybridized carbons (Fsp3) is 0.409. The Balaban J connectivity index is 1.67. The standard InChI is InChI=1S/C22H27N5O2S/c1-16-8-10-19(11-9-16)20-12-13-21(24-23-20)27-18(3)22(17(2)25-27)30(28,29)26-14-6-4-5-7-15-26/h8-13H,4-7,14-15H2,1-3H3. The molecule has 0 unspecified atom stereocenters. The molecule has 7 nitrogen and oxygen atoms in total. The molecule has 0 radical (unpaired) electrons. The van der Waals surface area contributed by atoms with E-state index in [1.54, 1.807) is 22.8 Å². The minimum atomic E-state index is -3.59. The lowest BCUT2D eigenvalue weighted by Crippen LogP contribution is -2.32. The van der Waals surface area contributed by atoms with Gasteiger partial charge in [-0.1, -0.05) is 42.7 Å². The monoisotopic (exact) mass is 425 g/mol. The molecule has 1 aliphatic heterocycles. The molecule has 1 fully saturated rings. The third-order valence-electron chi connectivity index (χ3n) is 5.60. The van der Waals surface area contributed by atoms with Gasteiger partial charge < -0.3 is 0 Å². The molecule has 0 aliphatic carbocycles. The van der Waals surface area contributed by atoms with Crippen molar-refractivity contribution >= 4 is 10.0 Å². The number of aryl methyl sites for hydroxylation is 2. The highest BCUT2D eigenvalue weighted by Gasteiger charge is 2.31. The van der Waals surface area contributed by atoms with Crippen LogP contribution in [0.2, 0.25) is 0 Å². The van der Waals surface area contributed by atoms with Gasteiger partial charge in [0.05, 0.1) is 17.1 Å². The van der Waals surface area contributed by atoms with Gasteiger partial charge in [-0.15, -0.1) is 10.2 Å². The van der Waals surface area contributed by atoms with Crippen molar-refractivity contribution in [2.24, 2.45) is 0 Å². The molecule has 2 aromatic heterocycles. The van der Waals surface area contributed by atoms with E-state index in [4.69, 9.17) is 0 Å². The maximum absolute atomic E-state index is 13.3. The molecular weight excluding hydrogens is 398 g/mol. The van der Waals surface area contributed by atoms with Crippen molar-refractivity contribution in [2.75, 3.05) is 13.1 Å². The van der Waals surface area contributed by atoms with E-state index in [-0.39, 0.29) is 4.90 Å². The lowest BCUT2D eigenvalue weighted by molar-refractivity contribution is 0.423. The zero-order valence-electron chi connectivity index (χ0n) is 17.7. The Morgan fingerprint density at radius 3 is 2.10 bits per heavy atom. The van der Waals surface area contributed by atoms with Crippen molar-refractivity contribution in [2.45, 2.75) is 51.3 Å². The van der Waals surface area contributed by atoms with Gasteiger partial charge in [0.15, 0.2) is 5.82 Å². The molecule has 1 aromatic carbocycles. The SMILES string of the molecule is Cc1ccc(-c2ccc(-n3nc(C)c(S(=O)(=O)N4CCCCCC4)c3C)nn2)cc1. The Hall–Kier alpha value is -2.58. The normalized spacial score (nSPS) is 15.8. The van der Waals surface area contributed by atoms with Crippen molar-refractivity contribution in [3.8, 4) is 17.1 Å². The number of aromatic nitrogens is 4. The molecule has 0 bridgehead atoms. The van der Waals surface area contributed by atoms with E-state index in [2.05, 4.69) is 15.3 Å². The second-order valence-electron chi connectivity index (χ2n) is 7.87. The summed E-state index contributed by atoms with van der Waals surface area (Å²) < 4.78 is 29.8. The first-order valence-corrected chi connectivity index (χ1v) is 11.8. The second-order valence-corrected chi connectivity index (χ2v) is 9.75. The Labute approximate surface area is 177 Å². The summed E-state index contributed by atoms with van der Waals surface area (Å²) in [4.78, 5) is 0.286. The van der Waals surface area contributed by atoms with Gasteiger partial charge >= 0.3 is 0 Å². The topological polar surface area (TPSA) is 81.0 Å². The van der Waals surface area contributed by atoms with Crippen LogP contribution in [0.5, 0.6) is 0 Å². The first kappa shape index (κ1) is 20.7. The summed E-state index contributed by atoms with van der Waals surface area (Å²) in [5.41, 5.74) is 3.98. The van der Waals surface area contributed by atoms with E-state index in [0.717, 1.165) is 36.9 Å². The van der Waals surface area contributed by atoms with Crippen LogP contribution in [-0.2, 0) is 10.0 Å². The number of sulfonamides is 1. The summed E-state index contributed by atoms with van der Waals surface area (Å²) in [6, 6.07) is 11.8. The number of benzene rings is 1. The summed E-state index contributed by atoms with van der Waals surface area (Å²) >= 11 is 0. The van der Waals surface area contributed by atoms with Gasteiger partial charge in [0.2, 0.25) is 10.0 Å². The molecule has 0 spiro atoms. The van der Waals surface area contributed by atoms with Gasteiger partial charge in [-0.3, -0.25) is 0 Å². The smallest absolute Gasteiger partial charge is 0.216 e. The number of rotatable bonds is 4. The van der Waals surface area contributed by atoms with Crippen LogP contribution in [0.15, 0.2) is 41.3 Å². The van der Waals surface area contributed by atoms with Crippen molar-refractivity contribution in [1.29, 1.82) is 0 Å². The predicted molar refractivity (Wildman–Crippen MR) is 116 cm³/mol. The Kier molecular flexibility index (Phi) is 5.71. The number of nitrogens with zero attached hydrogens (tertiary/aromatic N) is 5. The average molecular weight is 426 g/mol.